The lowest BCUT2D eigenvalue weighted by molar-refractivity contribution is -0.133. The molecule has 0 radical (unpaired) electrons. The van der Waals surface area contributed by atoms with Gasteiger partial charge >= 0.3 is 0 Å². The second-order valence-corrected chi connectivity index (χ2v) is 2.77. The minimum atomic E-state index is -1.67. The SMILES string of the molecule is CCCC=CO.NC(=O)[C@H](O)[C@H](O)CO. The van der Waals surface area contributed by atoms with E-state index in [-0.39, 0.29) is 0 Å². The van der Waals surface area contributed by atoms with Gasteiger partial charge in [0.05, 0.1) is 12.9 Å². The fourth-order valence-corrected chi connectivity index (χ4v) is 0.531. The Morgan fingerprint density at radius 3 is 2.13 bits per heavy atom. The number of aliphatic hydroxyl groups excluding tert-OH is 4. The van der Waals surface area contributed by atoms with Gasteiger partial charge < -0.3 is 26.2 Å². The zero-order valence-electron chi connectivity index (χ0n) is 8.71. The van der Waals surface area contributed by atoms with E-state index in [9.17, 15) is 4.79 Å². The first-order valence-corrected chi connectivity index (χ1v) is 4.56. The van der Waals surface area contributed by atoms with Crippen LogP contribution in [-0.2, 0) is 4.79 Å². The van der Waals surface area contributed by atoms with Crippen molar-refractivity contribution in [1.29, 1.82) is 0 Å². The number of carbonyl (C=O) groups excluding carboxylic acids is 1. The smallest absolute Gasteiger partial charge is 0.249 e. The van der Waals surface area contributed by atoms with Crippen molar-refractivity contribution in [1.82, 2.24) is 0 Å². The van der Waals surface area contributed by atoms with Crippen LogP contribution in [0.25, 0.3) is 0 Å². The van der Waals surface area contributed by atoms with Crippen molar-refractivity contribution in [2.24, 2.45) is 5.73 Å². The molecule has 0 aromatic carbocycles. The van der Waals surface area contributed by atoms with E-state index < -0.39 is 24.7 Å². The lowest BCUT2D eigenvalue weighted by Gasteiger charge is -2.10. The van der Waals surface area contributed by atoms with Crippen LogP contribution in [-0.4, -0.2) is 45.1 Å². The number of rotatable bonds is 5. The van der Waals surface area contributed by atoms with Gasteiger partial charge in [-0.2, -0.15) is 0 Å². The lowest BCUT2D eigenvalue weighted by atomic mass is 10.2. The number of amides is 1. The van der Waals surface area contributed by atoms with Crippen LogP contribution < -0.4 is 5.73 Å². The number of primary amides is 1. The molecule has 2 atom stereocenters. The summed E-state index contributed by atoms with van der Waals surface area (Å²) < 4.78 is 0. The van der Waals surface area contributed by atoms with Gasteiger partial charge in [0.2, 0.25) is 5.91 Å². The Kier molecular flexibility index (Phi) is 11.9. The van der Waals surface area contributed by atoms with E-state index in [4.69, 9.17) is 20.4 Å². The highest BCUT2D eigenvalue weighted by atomic mass is 16.4. The zero-order valence-corrected chi connectivity index (χ0v) is 8.71. The molecule has 0 aliphatic heterocycles. The van der Waals surface area contributed by atoms with Crippen molar-refractivity contribution in [3.05, 3.63) is 12.3 Å². The van der Waals surface area contributed by atoms with E-state index in [2.05, 4.69) is 12.7 Å². The fraction of sp³-hybridized carbons (Fsp3) is 0.667. The monoisotopic (exact) mass is 221 g/mol. The summed E-state index contributed by atoms with van der Waals surface area (Å²) in [6.07, 6.45) is 1.77. The Morgan fingerprint density at radius 1 is 1.47 bits per heavy atom. The van der Waals surface area contributed by atoms with Gasteiger partial charge in [0.15, 0.2) is 6.10 Å². The number of allylic oxidation sites excluding steroid dienone is 1. The average molecular weight is 221 g/mol. The maximum absolute atomic E-state index is 10.0. The summed E-state index contributed by atoms with van der Waals surface area (Å²) >= 11 is 0. The minimum Gasteiger partial charge on any atom is -0.516 e. The number of aliphatic hydroxyl groups is 4. The Labute approximate surface area is 88.7 Å². The molecule has 0 saturated heterocycles. The molecule has 0 aliphatic rings. The van der Waals surface area contributed by atoms with E-state index in [1.165, 1.54) is 0 Å². The maximum Gasteiger partial charge on any atom is 0.249 e. The quantitative estimate of drug-likeness (QED) is 0.383. The number of unbranched alkanes of at least 4 members (excludes halogenated alkanes) is 1. The van der Waals surface area contributed by atoms with Crippen LogP contribution in [0.4, 0.5) is 0 Å². The van der Waals surface area contributed by atoms with Crippen molar-refractivity contribution in [2.75, 3.05) is 6.61 Å². The van der Waals surface area contributed by atoms with Crippen molar-refractivity contribution >= 4 is 5.91 Å². The topological polar surface area (TPSA) is 124 Å². The summed E-state index contributed by atoms with van der Waals surface area (Å²) in [5.41, 5.74) is 4.55. The summed E-state index contributed by atoms with van der Waals surface area (Å²) in [4.78, 5) is 10.0. The van der Waals surface area contributed by atoms with Crippen molar-refractivity contribution in [3.63, 3.8) is 0 Å². The standard InChI is InChI=1S/C5H10O.C4H9NO4/c1-2-3-4-5-6;5-4(9)3(8)2(7)1-6/h4-6H,2-3H2,1H3;2-3,6-8H,1H2,(H2,5,9)/t;2-,3-/m.1/s1. The van der Waals surface area contributed by atoms with Gasteiger partial charge in [0.25, 0.3) is 0 Å². The summed E-state index contributed by atoms with van der Waals surface area (Å²) in [5.74, 6) is -1.04. The second kappa shape index (κ2) is 11.0. The number of hydrogen-bond acceptors (Lipinski definition) is 5. The molecule has 0 fully saturated rings. The third-order valence-corrected chi connectivity index (χ3v) is 1.40. The van der Waals surface area contributed by atoms with Crippen LogP contribution in [0.3, 0.4) is 0 Å². The van der Waals surface area contributed by atoms with Crippen LogP contribution in [0.1, 0.15) is 19.8 Å². The Balaban J connectivity index is 0. The van der Waals surface area contributed by atoms with Crippen molar-refractivity contribution < 1.29 is 25.2 Å². The molecular formula is C9H19NO5. The molecule has 0 heterocycles. The van der Waals surface area contributed by atoms with E-state index in [0.29, 0.717) is 0 Å². The molecule has 0 aromatic rings. The van der Waals surface area contributed by atoms with Crippen LogP contribution in [0.5, 0.6) is 0 Å². The van der Waals surface area contributed by atoms with Gasteiger partial charge in [-0.25, -0.2) is 0 Å². The normalized spacial score (nSPS) is 14.1. The van der Waals surface area contributed by atoms with Gasteiger partial charge in [-0.05, 0) is 6.42 Å². The van der Waals surface area contributed by atoms with E-state index in [1.807, 2.05) is 0 Å². The molecule has 0 saturated carbocycles. The average Bonchev–Trinajstić information content (AvgIpc) is 2.24. The summed E-state index contributed by atoms with van der Waals surface area (Å²) in [7, 11) is 0. The molecule has 0 unspecified atom stereocenters. The predicted octanol–water partition coefficient (Wildman–Crippen LogP) is -0.956. The number of hydrogen-bond donors (Lipinski definition) is 5. The molecule has 0 aromatic heterocycles. The van der Waals surface area contributed by atoms with E-state index in [1.54, 1.807) is 6.08 Å². The highest BCUT2D eigenvalue weighted by Crippen LogP contribution is 1.89. The molecule has 6 nitrogen and oxygen atoms in total. The van der Waals surface area contributed by atoms with E-state index in [0.717, 1.165) is 19.1 Å². The summed E-state index contributed by atoms with van der Waals surface area (Å²) in [5, 5.41) is 33.2. The van der Waals surface area contributed by atoms with Crippen LogP contribution in [0.15, 0.2) is 12.3 Å². The number of carbonyl (C=O) groups is 1. The fourth-order valence-electron chi connectivity index (χ4n) is 0.531. The predicted molar refractivity (Wildman–Crippen MR) is 55.0 cm³/mol. The molecule has 6 heteroatoms. The first kappa shape index (κ1) is 16.3. The molecule has 0 aliphatic carbocycles. The Hall–Kier alpha value is -1.11. The molecule has 1 amide bonds. The molecule has 6 N–H and O–H groups in total. The number of nitrogens with two attached hydrogens (primary N) is 1. The third-order valence-electron chi connectivity index (χ3n) is 1.40. The molecule has 90 valence electrons. The molecule has 15 heavy (non-hydrogen) atoms. The van der Waals surface area contributed by atoms with Gasteiger partial charge in [-0.15, -0.1) is 0 Å². The van der Waals surface area contributed by atoms with Gasteiger partial charge in [-0.1, -0.05) is 19.4 Å². The van der Waals surface area contributed by atoms with Crippen molar-refractivity contribution in [2.45, 2.75) is 32.0 Å². The van der Waals surface area contributed by atoms with Gasteiger partial charge in [0.1, 0.15) is 6.10 Å². The van der Waals surface area contributed by atoms with Gasteiger partial charge in [0, 0.05) is 0 Å². The Bertz CT molecular complexity index is 183. The van der Waals surface area contributed by atoms with Crippen molar-refractivity contribution in [3.8, 4) is 0 Å². The summed E-state index contributed by atoms with van der Waals surface area (Å²) in [6.45, 7) is 1.39. The first-order chi connectivity index (χ1) is 7.01. The zero-order chi connectivity index (χ0) is 12.3. The first-order valence-electron chi connectivity index (χ1n) is 4.56. The van der Waals surface area contributed by atoms with E-state index >= 15 is 0 Å². The summed E-state index contributed by atoms with van der Waals surface area (Å²) in [6, 6.07) is 0. The minimum absolute atomic E-state index is 0.676. The maximum atomic E-state index is 10.0. The van der Waals surface area contributed by atoms with Crippen LogP contribution >= 0.6 is 0 Å². The van der Waals surface area contributed by atoms with Gasteiger partial charge in [-0.3, -0.25) is 4.79 Å². The van der Waals surface area contributed by atoms with Crippen LogP contribution in [0.2, 0.25) is 0 Å². The highest BCUT2D eigenvalue weighted by Gasteiger charge is 2.19. The molecular weight excluding hydrogens is 202 g/mol. The molecule has 0 bridgehead atoms. The third kappa shape index (κ3) is 10.8. The molecule has 0 rings (SSSR count). The lowest BCUT2D eigenvalue weighted by Crippen LogP contribution is -2.40. The highest BCUT2D eigenvalue weighted by molar-refractivity contribution is 5.79. The second-order valence-electron chi connectivity index (χ2n) is 2.77. The molecule has 0 spiro atoms. The largest absolute Gasteiger partial charge is 0.516 e. The Morgan fingerprint density at radius 2 is 2.00 bits per heavy atom. The van der Waals surface area contributed by atoms with Crippen LogP contribution in [0, 0.1) is 0 Å².